The fraction of sp³-hybridized carbons (Fsp3) is 0.222. The zero-order chi connectivity index (χ0) is 36.8. The Kier molecular flexibility index (Phi) is 9.24. The molecule has 0 aromatic heterocycles. The molecule has 49 heavy (non-hydrogen) atoms. The highest BCUT2D eigenvalue weighted by Gasteiger charge is 2.50. The van der Waals surface area contributed by atoms with Crippen LogP contribution in [0.1, 0.15) is 31.1 Å². The van der Waals surface area contributed by atoms with Crippen molar-refractivity contribution < 1.29 is 110 Å². The number of hydrogen-bond acceptors (Lipinski definition) is 22. The van der Waals surface area contributed by atoms with Crippen LogP contribution in [0, 0.1) is 0 Å². The van der Waals surface area contributed by atoms with Crippen LogP contribution in [0.15, 0.2) is 12.1 Å². The summed E-state index contributed by atoms with van der Waals surface area (Å²) >= 11 is 0. The highest BCUT2D eigenvalue weighted by atomic mass is 16.7. The van der Waals surface area contributed by atoms with Gasteiger partial charge >= 0.3 is 17.9 Å². The van der Waals surface area contributed by atoms with Crippen molar-refractivity contribution in [2.24, 2.45) is 0 Å². The Morgan fingerprint density at radius 1 is 0.531 bits per heavy atom. The third-order valence-electron chi connectivity index (χ3n) is 6.94. The average Bonchev–Trinajstić information content (AvgIpc) is 3.05. The van der Waals surface area contributed by atoms with Gasteiger partial charge in [0.15, 0.2) is 57.5 Å². The number of ether oxygens (including phenoxy) is 4. The van der Waals surface area contributed by atoms with Gasteiger partial charge in [-0.15, -0.1) is 0 Å². The number of aliphatic hydroxyl groups is 2. The topological polar surface area (TPSA) is 392 Å². The first-order chi connectivity index (χ1) is 22.8. The molecule has 22 nitrogen and oxygen atoms in total. The second-order valence-corrected chi connectivity index (χ2v) is 10.00. The van der Waals surface area contributed by atoms with E-state index in [0.29, 0.717) is 12.1 Å². The summed E-state index contributed by atoms with van der Waals surface area (Å²) in [6.07, 6.45) is -11.5. The number of aromatic hydroxyl groups is 13. The maximum absolute atomic E-state index is 13.0. The van der Waals surface area contributed by atoms with E-state index >= 15 is 0 Å². The van der Waals surface area contributed by atoms with Crippen molar-refractivity contribution in [3.8, 4) is 74.7 Å². The van der Waals surface area contributed by atoms with E-state index in [1.54, 1.807) is 0 Å². The lowest BCUT2D eigenvalue weighted by Crippen LogP contribution is -2.61. The fourth-order valence-corrected chi connectivity index (χ4v) is 4.35. The third kappa shape index (κ3) is 6.11. The van der Waals surface area contributed by atoms with Gasteiger partial charge in [-0.25, -0.2) is 14.4 Å². The lowest BCUT2D eigenvalue weighted by molar-refractivity contribution is -0.284. The lowest BCUT2D eigenvalue weighted by Gasteiger charge is -2.41. The molecule has 264 valence electrons. The molecular formula is C27H24O22. The first-order valence-electron chi connectivity index (χ1n) is 13.0. The Morgan fingerprint density at radius 3 is 1.39 bits per heavy atom. The Hall–Kier alpha value is -6.65. The number of phenols is 13. The maximum atomic E-state index is 13.0. The molecule has 1 heterocycles. The summed E-state index contributed by atoms with van der Waals surface area (Å²) < 4.78 is 20.1. The quantitative estimate of drug-likeness (QED) is 0.0579. The van der Waals surface area contributed by atoms with E-state index in [-0.39, 0.29) is 0 Å². The molecule has 0 saturated carbocycles. The van der Waals surface area contributed by atoms with E-state index in [4.69, 9.17) is 18.9 Å². The van der Waals surface area contributed by atoms with Crippen LogP contribution in [-0.2, 0) is 18.9 Å². The highest BCUT2D eigenvalue weighted by Crippen LogP contribution is 2.52. The van der Waals surface area contributed by atoms with Gasteiger partial charge in [-0.2, -0.15) is 0 Å². The Labute approximate surface area is 269 Å². The van der Waals surface area contributed by atoms with Gasteiger partial charge in [0.05, 0.1) is 5.56 Å². The van der Waals surface area contributed by atoms with Crippen LogP contribution in [0.2, 0.25) is 0 Å². The molecule has 4 rings (SSSR count). The monoisotopic (exact) mass is 700 g/mol. The predicted molar refractivity (Wildman–Crippen MR) is 147 cm³/mol. The van der Waals surface area contributed by atoms with Crippen molar-refractivity contribution in [3.63, 3.8) is 0 Å². The van der Waals surface area contributed by atoms with Crippen LogP contribution in [0.25, 0.3) is 0 Å². The van der Waals surface area contributed by atoms with Gasteiger partial charge in [-0.3, -0.25) is 0 Å². The normalized spacial score (nSPS) is 20.3. The number of benzene rings is 3. The Bertz CT molecular complexity index is 1770. The molecule has 1 aliphatic heterocycles. The van der Waals surface area contributed by atoms with Gasteiger partial charge in [0.25, 0.3) is 0 Å². The summed E-state index contributed by atoms with van der Waals surface area (Å²) in [4.78, 5) is 38.4. The summed E-state index contributed by atoms with van der Waals surface area (Å²) in [5.74, 6) is -23.3. The average molecular weight is 700 g/mol. The number of hydrogen-bond donors (Lipinski definition) is 15. The molecule has 0 amide bonds. The number of carbonyl (C=O) groups is 3. The molecule has 22 heteroatoms. The zero-order valence-electron chi connectivity index (χ0n) is 23.8. The minimum absolute atomic E-state index is 0.607. The summed E-state index contributed by atoms with van der Waals surface area (Å²) in [5.41, 5.74) is -3.43. The summed E-state index contributed by atoms with van der Waals surface area (Å²) in [6, 6.07) is 1.21. The molecule has 0 bridgehead atoms. The minimum Gasteiger partial charge on any atom is -0.504 e. The second-order valence-electron chi connectivity index (χ2n) is 10.00. The van der Waals surface area contributed by atoms with Gasteiger partial charge in [0.1, 0.15) is 24.9 Å². The number of aliphatic hydroxyl groups excluding tert-OH is 2. The van der Waals surface area contributed by atoms with E-state index in [9.17, 15) is 91.0 Å². The van der Waals surface area contributed by atoms with Crippen molar-refractivity contribution in [3.05, 3.63) is 28.8 Å². The predicted octanol–water partition coefficient (Wildman–Crippen LogP) is -1.45. The third-order valence-corrected chi connectivity index (χ3v) is 6.94. The molecule has 5 unspecified atom stereocenters. The maximum Gasteiger partial charge on any atom is 0.346 e. The van der Waals surface area contributed by atoms with E-state index < -0.39 is 147 Å². The van der Waals surface area contributed by atoms with E-state index in [1.807, 2.05) is 0 Å². The molecule has 1 saturated heterocycles. The van der Waals surface area contributed by atoms with Crippen LogP contribution in [-0.4, -0.2) is 132 Å². The fourth-order valence-electron chi connectivity index (χ4n) is 4.35. The number of rotatable bonds is 7. The molecule has 1 aliphatic rings. The van der Waals surface area contributed by atoms with Crippen molar-refractivity contribution >= 4 is 17.9 Å². The van der Waals surface area contributed by atoms with Gasteiger partial charge in [-0.1, -0.05) is 0 Å². The molecule has 0 radical (unpaired) electrons. The molecular weight excluding hydrogens is 676 g/mol. The van der Waals surface area contributed by atoms with Crippen molar-refractivity contribution in [2.75, 3.05) is 6.61 Å². The standard InChI is InChI=1S/C27H24O22/c28-5-1-4(2-6(29)10(5)30)24(43)49-27-22(42)21(41)23(48-26(45)9-13(33)17(37)20(40)18(38)14(9)34)7(47-27)3-46-25(44)8-11(31)15(35)19(39)16(36)12(8)32/h1-2,7,21-23,27-42H,3H2. The molecule has 5 atom stereocenters. The smallest absolute Gasteiger partial charge is 0.346 e. The number of esters is 3. The van der Waals surface area contributed by atoms with Crippen LogP contribution >= 0.6 is 0 Å². The zero-order valence-corrected chi connectivity index (χ0v) is 23.8. The minimum atomic E-state index is -2.44. The van der Waals surface area contributed by atoms with Crippen molar-refractivity contribution in [1.29, 1.82) is 0 Å². The first kappa shape index (κ1) is 35.2. The Morgan fingerprint density at radius 2 is 0.939 bits per heavy atom. The van der Waals surface area contributed by atoms with Gasteiger partial charge in [0.2, 0.25) is 40.8 Å². The molecule has 0 aliphatic carbocycles. The Balaban J connectivity index is 1.68. The van der Waals surface area contributed by atoms with Crippen LogP contribution in [0.4, 0.5) is 0 Å². The van der Waals surface area contributed by atoms with Gasteiger partial charge in [0, 0.05) is 0 Å². The van der Waals surface area contributed by atoms with E-state index in [2.05, 4.69) is 0 Å². The van der Waals surface area contributed by atoms with E-state index in [0.717, 1.165) is 0 Å². The van der Waals surface area contributed by atoms with Crippen molar-refractivity contribution in [2.45, 2.75) is 30.7 Å². The van der Waals surface area contributed by atoms with E-state index in [1.165, 1.54) is 0 Å². The largest absolute Gasteiger partial charge is 0.504 e. The van der Waals surface area contributed by atoms with Gasteiger partial charge < -0.3 is 95.5 Å². The van der Waals surface area contributed by atoms with Crippen LogP contribution in [0.5, 0.6) is 74.7 Å². The highest BCUT2D eigenvalue weighted by molar-refractivity contribution is 5.99. The summed E-state index contributed by atoms with van der Waals surface area (Å²) in [6.45, 7) is -1.29. The van der Waals surface area contributed by atoms with Crippen molar-refractivity contribution in [1.82, 2.24) is 0 Å². The molecule has 0 spiro atoms. The number of carbonyl (C=O) groups excluding carboxylic acids is 3. The summed E-state index contributed by atoms with van der Waals surface area (Å²) in [5, 5.41) is 149. The molecule has 1 fully saturated rings. The molecule has 3 aromatic carbocycles. The second kappa shape index (κ2) is 12.9. The van der Waals surface area contributed by atoms with Crippen LogP contribution < -0.4 is 0 Å². The first-order valence-corrected chi connectivity index (χ1v) is 13.0. The number of phenolic OH excluding ortho intramolecular Hbond substituents is 13. The molecule has 3 aromatic rings. The van der Waals surface area contributed by atoms with Gasteiger partial charge in [-0.05, 0) is 12.1 Å². The lowest BCUT2D eigenvalue weighted by atomic mass is 9.98. The SMILES string of the molecule is O=C(OC1OC(COC(=O)c2c(O)c(O)c(O)c(O)c2O)C(OC(=O)c2c(O)c(O)c(O)c(O)c2O)C(O)C1O)c1cc(O)c(O)c(O)c1. The molecule has 15 N–H and O–H groups in total. The summed E-state index contributed by atoms with van der Waals surface area (Å²) in [7, 11) is 0. The van der Waals surface area contributed by atoms with Crippen LogP contribution in [0.3, 0.4) is 0 Å².